The average Bonchev–Trinajstić information content (AvgIpc) is 2.75. The maximum Gasteiger partial charge on any atom is 0.210 e. The summed E-state index contributed by atoms with van der Waals surface area (Å²) in [5.41, 5.74) is 1.47. The van der Waals surface area contributed by atoms with E-state index in [4.69, 9.17) is 0 Å². The standard InChI is InChI=1S/C16H13NO/c1-17-11-13-9-5-6-10-14(13)15(17)16(18)12-7-3-2-4-8-12/h2-11H,1H3. The number of carbonyl (C=O) groups is 1. The molecule has 0 unspecified atom stereocenters. The summed E-state index contributed by atoms with van der Waals surface area (Å²) in [5.74, 6) is 0.0688. The second-order valence-corrected chi connectivity index (χ2v) is 4.37. The van der Waals surface area contributed by atoms with Gasteiger partial charge in [0.15, 0.2) is 0 Å². The van der Waals surface area contributed by atoms with E-state index in [-0.39, 0.29) is 5.78 Å². The Morgan fingerprint density at radius 3 is 2.39 bits per heavy atom. The van der Waals surface area contributed by atoms with Crippen molar-refractivity contribution < 1.29 is 4.79 Å². The van der Waals surface area contributed by atoms with Crippen LogP contribution in [0.4, 0.5) is 0 Å². The number of fused-ring (bicyclic) bond motifs is 1. The lowest BCUT2D eigenvalue weighted by atomic mass is 10.1. The molecule has 0 fully saturated rings. The van der Waals surface area contributed by atoms with Crippen molar-refractivity contribution in [2.45, 2.75) is 0 Å². The van der Waals surface area contributed by atoms with Gasteiger partial charge in [-0.25, -0.2) is 0 Å². The molecule has 0 aliphatic carbocycles. The lowest BCUT2D eigenvalue weighted by Crippen LogP contribution is -2.06. The Balaban J connectivity index is 2.21. The number of hydrogen-bond acceptors (Lipinski definition) is 1. The van der Waals surface area contributed by atoms with Gasteiger partial charge >= 0.3 is 0 Å². The van der Waals surface area contributed by atoms with Crippen molar-refractivity contribution in [3.05, 3.63) is 72.1 Å². The minimum atomic E-state index is 0.0688. The van der Waals surface area contributed by atoms with Gasteiger partial charge in [0.1, 0.15) is 0 Å². The van der Waals surface area contributed by atoms with Crippen LogP contribution in [0.2, 0.25) is 0 Å². The van der Waals surface area contributed by atoms with E-state index in [2.05, 4.69) is 0 Å². The molecule has 0 saturated carbocycles. The van der Waals surface area contributed by atoms with Crippen LogP contribution in [-0.4, -0.2) is 10.4 Å². The van der Waals surface area contributed by atoms with E-state index >= 15 is 0 Å². The number of ketones is 1. The summed E-state index contributed by atoms with van der Waals surface area (Å²) in [6.07, 6.45) is 1.99. The Kier molecular flexibility index (Phi) is 2.49. The number of aryl methyl sites for hydroxylation is 1. The topological polar surface area (TPSA) is 22.0 Å². The first-order valence-corrected chi connectivity index (χ1v) is 5.91. The van der Waals surface area contributed by atoms with Crippen molar-refractivity contribution >= 4 is 16.6 Å². The van der Waals surface area contributed by atoms with Crippen LogP contribution in [0.25, 0.3) is 10.8 Å². The van der Waals surface area contributed by atoms with Crippen molar-refractivity contribution in [3.63, 3.8) is 0 Å². The minimum absolute atomic E-state index is 0.0688. The smallest absolute Gasteiger partial charge is 0.210 e. The highest BCUT2D eigenvalue weighted by molar-refractivity contribution is 6.15. The van der Waals surface area contributed by atoms with Crippen molar-refractivity contribution in [2.24, 2.45) is 7.05 Å². The molecule has 0 radical (unpaired) electrons. The zero-order chi connectivity index (χ0) is 12.5. The largest absolute Gasteiger partial charge is 0.347 e. The summed E-state index contributed by atoms with van der Waals surface area (Å²) < 4.78 is 1.90. The van der Waals surface area contributed by atoms with Gasteiger partial charge in [0.05, 0.1) is 5.69 Å². The van der Waals surface area contributed by atoms with Crippen LogP contribution in [0, 0.1) is 0 Å². The Bertz CT molecular complexity index is 710. The number of rotatable bonds is 2. The molecule has 0 aliphatic heterocycles. The zero-order valence-corrected chi connectivity index (χ0v) is 10.1. The van der Waals surface area contributed by atoms with Gasteiger partial charge in [0, 0.05) is 29.6 Å². The molecule has 1 heterocycles. The van der Waals surface area contributed by atoms with Crippen LogP contribution >= 0.6 is 0 Å². The maximum absolute atomic E-state index is 12.5. The molecular formula is C16H13NO. The lowest BCUT2D eigenvalue weighted by Gasteiger charge is -2.03. The number of nitrogens with zero attached hydrogens (tertiary/aromatic N) is 1. The minimum Gasteiger partial charge on any atom is -0.347 e. The van der Waals surface area contributed by atoms with Gasteiger partial charge < -0.3 is 4.57 Å². The third-order valence-electron chi connectivity index (χ3n) is 3.15. The molecule has 2 aromatic carbocycles. The van der Waals surface area contributed by atoms with E-state index in [0.717, 1.165) is 22.0 Å². The normalized spacial score (nSPS) is 10.7. The molecule has 0 N–H and O–H groups in total. The zero-order valence-electron chi connectivity index (χ0n) is 10.1. The molecule has 1 aromatic heterocycles. The first-order valence-electron chi connectivity index (χ1n) is 5.91. The molecule has 2 nitrogen and oxygen atoms in total. The second-order valence-electron chi connectivity index (χ2n) is 4.37. The maximum atomic E-state index is 12.5. The van der Waals surface area contributed by atoms with Gasteiger partial charge in [-0.05, 0) is 0 Å². The van der Waals surface area contributed by atoms with E-state index in [1.54, 1.807) is 0 Å². The Morgan fingerprint density at radius 1 is 0.944 bits per heavy atom. The molecule has 0 amide bonds. The molecule has 3 rings (SSSR count). The number of aromatic nitrogens is 1. The van der Waals surface area contributed by atoms with Gasteiger partial charge in [-0.2, -0.15) is 0 Å². The van der Waals surface area contributed by atoms with Gasteiger partial charge in [-0.3, -0.25) is 4.79 Å². The molecule has 3 aromatic rings. The molecule has 2 heteroatoms. The van der Waals surface area contributed by atoms with E-state index in [1.807, 2.05) is 72.4 Å². The summed E-state index contributed by atoms with van der Waals surface area (Å²) in [5, 5.41) is 2.10. The SMILES string of the molecule is Cn1cc2ccccc2c1C(=O)c1ccccc1. The predicted molar refractivity (Wildman–Crippen MR) is 72.8 cm³/mol. The van der Waals surface area contributed by atoms with Crippen LogP contribution in [0.1, 0.15) is 16.1 Å². The predicted octanol–water partition coefficient (Wildman–Crippen LogP) is 3.41. The van der Waals surface area contributed by atoms with Crippen LogP contribution in [-0.2, 0) is 7.05 Å². The van der Waals surface area contributed by atoms with Gasteiger partial charge in [-0.1, -0.05) is 54.6 Å². The molecule has 0 spiro atoms. The van der Waals surface area contributed by atoms with Crippen LogP contribution in [0.15, 0.2) is 60.8 Å². The highest BCUT2D eigenvalue weighted by Crippen LogP contribution is 2.22. The highest BCUT2D eigenvalue weighted by atomic mass is 16.1. The fourth-order valence-electron chi connectivity index (χ4n) is 2.30. The van der Waals surface area contributed by atoms with Crippen LogP contribution in [0.3, 0.4) is 0 Å². The van der Waals surface area contributed by atoms with Gasteiger partial charge in [0.2, 0.25) is 5.78 Å². The van der Waals surface area contributed by atoms with E-state index in [9.17, 15) is 4.79 Å². The molecular weight excluding hydrogens is 222 g/mol. The van der Waals surface area contributed by atoms with Crippen molar-refractivity contribution in [1.82, 2.24) is 4.57 Å². The van der Waals surface area contributed by atoms with Crippen molar-refractivity contribution in [2.75, 3.05) is 0 Å². The summed E-state index contributed by atoms with van der Waals surface area (Å²) in [6, 6.07) is 17.4. The first-order chi connectivity index (χ1) is 8.77. The number of hydrogen-bond donors (Lipinski definition) is 0. The summed E-state index contributed by atoms with van der Waals surface area (Å²) >= 11 is 0. The monoisotopic (exact) mass is 235 g/mol. The van der Waals surface area contributed by atoms with Gasteiger partial charge in [-0.15, -0.1) is 0 Å². The molecule has 0 bridgehead atoms. The van der Waals surface area contributed by atoms with E-state index in [0.29, 0.717) is 0 Å². The van der Waals surface area contributed by atoms with Gasteiger partial charge in [0.25, 0.3) is 0 Å². The van der Waals surface area contributed by atoms with Crippen LogP contribution in [0.5, 0.6) is 0 Å². The Morgan fingerprint density at radius 2 is 1.61 bits per heavy atom. The lowest BCUT2D eigenvalue weighted by molar-refractivity contribution is 0.103. The number of benzene rings is 2. The quantitative estimate of drug-likeness (QED) is 0.624. The average molecular weight is 235 g/mol. The van der Waals surface area contributed by atoms with Crippen molar-refractivity contribution in [3.8, 4) is 0 Å². The second kappa shape index (κ2) is 4.15. The molecule has 0 aliphatic rings. The summed E-state index contributed by atoms with van der Waals surface area (Å²) in [4.78, 5) is 12.5. The van der Waals surface area contributed by atoms with E-state index < -0.39 is 0 Å². The fraction of sp³-hybridized carbons (Fsp3) is 0.0625. The fourth-order valence-corrected chi connectivity index (χ4v) is 2.30. The molecule has 0 atom stereocenters. The number of carbonyl (C=O) groups excluding carboxylic acids is 1. The summed E-state index contributed by atoms with van der Waals surface area (Å²) in [7, 11) is 1.91. The Labute approximate surface area is 105 Å². The third-order valence-corrected chi connectivity index (χ3v) is 3.15. The highest BCUT2D eigenvalue weighted by Gasteiger charge is 2.15. The van der Waals surface area contributed by atoms with E-state index in [1.165, 1.54) is 0 Å². The summed E-state index contributed by atoms with van der Waals surface area (Å²) in [6.45, 7) is 0. The molecule has 18 heavy (non-hydrogen) atoms. The van der Waals surface area contributed by atoms with Crippen LogP contribution < -0.4 is 0 Å². The Hall–Kier alpha value is -2.35. The first kappa shape index (κ1) is 10.8. The molecule has 0 saturated heterocycles. The molecule has 88 valence electrons. The van der Waals surface area contributed by atoms with Crippen molar-refractivity contribution in [1.29, 1.82) is 0 Å². The third kappa shape index (κ3) is 1.63.